The first-order valence-corrected chi connectivity index (χ1v) is 7.12. The zero-order valence-electron chi connectivity index (χ0n) is 10.8. The van der Waals surface area contributed by atoms with Gasteiger partial charge in [0.15, 0.2) is 0 Å². The van der Waals surface area contributed by atoms with Gasteiger partial charge in [-0.2, -0.15) is 0 Å². The summed E-state index contributed by atoms with van der Waals surface area (Å²) < 4.78 is 5.48. The molecule has 2 heterocycles. The van der Waals surface area contributed by atoms with E-state index in [4.69, 9.17) is 16.3 Å². The van der Waals surface area contributed by atoms with Crippen LogP contribution in [0.5, 0.6) is 0 Å². The number of alkyl halides is 1. The number of ether oxygens (including phenoxy) is 1. The van der Waals surface area contributed by atoms with E-state index in [1.807, 2.05) is 12.3 Å². The number of halogens is 1. The van der Waals surface area contributed by atoms with Crippen molar-refractivity contribution in [3.63, 3.8) is 0 Å². The van der Waals surface area contributed by atoms with Gasteiger partial charge < -0.3 is 4.74 Å². The summed E-state index contributed by atoms with van der Waals surface area (Å²) in [5.41, 5.74) is 2.35. The van der Waals surface area contributed by atoms with Crippen LogP contribution in [0.4, 0.5) is 0 Å². The molecule has 0 radical (unpaired) electrons. The van der Waals surface area contributed by atoms with Crippen molar-refractivity contribution in [3.05, 3.63) is 42.1 Å². The molecule has 0 aliphatic carbocycles. The Labute approximate surface area is 118 Å². The SMILES string of the molecule is ClCC1COCCN1Cc1ccc2ncccc2c1. The van der Waals surface area contributed by atoms with Crippen molar-refractivity contribution in [2.24, 2.45) is 0 Å². The van der Waals surface area contributed by atoms with Crippen LogP contribution in [0, 0.1) is 0 Å². The number of hydrogen-bond donors (Lipinski definition) is 0. The standard InChI is InChI=1S/C15H17ClN2O/c16-9-14-11-19-7-6-18(14)10-12-3-4-15-13(8-12)2-1-5-17-15/h1-5,8,14H,6-7,9-11H2. The third-order valence-electron chi connectivity index (χ3n) is 3.58. The van der Waals surface area contributed by atoms with Gasteiger partial charge in [-0.1, -0.05) is 12.1 Å². The fourth-order valence-electron chi connectivity index (χ4n) is 2.50. The monoisotopic (exact) mass is 276 g/mol. The summed E-state index contributed by atoms with van der Waals surface area (Å²) >= 11 is 6.00. The van der Waals surface area contributed by atoms with Gasteiger partial charge in [-0.15, -0.1) is 11.6 Å². The molecule has 0 amide bonds. The highest BCUT2D eigenvalue weighted by atomic mass is 35.5. The topological polar surface area (TPSA) is 25.4 Å². The van der Waals surface area contributed by atoms with E-state index in [9.17, 15) is 0 Å². The van der Waals surface area contributed by atoms with E-state index in [-0.39, 0.29) is 0 Å². The van der Waals surface area contributed by atoms with Gasteiger partial charge in [0.05, 0.1) is 18.7 Å². The third kappa shape index (κ3) is 2.89. The van der Waals surface area contributed by atoms with Gasteiger partial charge in [0.2, 0.25) is 0 Å². The number of nitrogens with zero attached hydrogens (tertiary/aromatic N) is 2. The van der Waals surface area contributed by atoms with Gasteiger partial charge in [0.1, 0.15) is 0 Å². The number of morpholine rings is 1. The summed E-state index contributed by atoms with van der Waals surface area (Å²) in [5, 5.41) is 1.19. The van der Waals surface area contributed by atoms with E-state index in [2.05, 4.69) is 34.1 Å². The molecule has 0 spiro atoms. The van der Waals surface area contributed by atoms with Crippen molar-refractivity contribution >= 4 is 22.5 Å². The molecule has 1 aliphatic heterocycles. The summed E-state index contributed by atoms with van der Waals surface area (Å²) in [6.45, 7) is 3.40. The average molecular weight is 277 g/mol. The quantitative estimate of drug-likeness (QED) is 0.806. The van der Waals surface area contributed by atoms with Gasteiger partial charge in [0.25, 0.3) is 0 Å². The van der Waals surface area contributed by atoms with Crippen molar-refractivity contribution in [1.82, 2.24) is 9.88 Å². The highest BCUT2D eigenvalue weighted by Gasteiger charge is 2.22. The fourth-order valence-corrected chi connectivity index (χ4v) is 2.78. The lowest BCUT2D eigenvalue weighted by Gasteiger charge is -2.34. The lowest BCUT2D eigenvalue weighted by molar-refractivity contribution is -0.00302. The minimum absolute atomic E-state index is 0.319. The Morgan fingerprint density at radius 1 is 1.37 bits per heavy atom. The fraction of sp³-hybridized carbons (Fsp3) is 0.400. The second-order valence-corrected chi connectivity index (χ2v) is 5.19. The van der Waals surface area contributed by atoms with Crippen LogP contribution in [-0.4, -0.2) is 41.6 Å². The molecule has 1 saturated heterocycles. The maximum atomic E-state index is 6.00. The molecule has 0 bridgehead atoms. The molecule has 0 saturated carbocycles. The molecule has 100 valence electrons. The number of fused-ring (bicyclic) bond motifs is 1. The van der Waals surface area contributed by atoms with Crippen molar-refractivity contribution in [1.29, 1.82) is 0 Å². The summed E-state index contributed by atoms with van der Waals surface area (Å²) in [6, 6.07) is 10.8. The van der Waals surface area contributed by atoms with E-state index >= 15 is 0 Å². The number of pyridine rings is 1. The van der Waals surface area contributed by atoms with Crippen molar-refractivity contribution in [3.8, 4) is 0 Å². The summed E-state index contributed by atoms with van der Waals surface area (Å²) in [7, 11) is 0. The number of aromatic nitrogens is 1. The molecular weight excluding hydrogens is 260 g/mol. The van der Waals surface area contributed by atoms with Crippen LogP contribution < -0.4 is 0 Å². The molecule has 3 rings (SSSR count). The number of rotatable bonds is 3. The molecule has 1 unspecified atom stereocenters. The van der Waals surface area contributed by atoms with Crippen LogP contribution in [0.25, 0.3) is 10.9 Å². The molecule has 1 aliphatic rings. The Morgan fingerprint density at radius 3 is 3.21 bits per heavy atom. The zero-order valence-corrected chi connectivity index (χ0v) is 11.5. The Bertz CT molecular complexity index is 561. The normalized spacial score (nSPS) is 20.8. The molecule has 1 aromatic heterocycles. The highest BCUT2D eigenvalue weighted by molar-refractivity contribution is 6.18. The van der Waals surface area contributed by atoms with Crippen LogP contribution in [-0.2, 0) is 11.3 Å². The second-order valence-electron chi connectivity index (χ2n) is 4.88. The Morgan fingerprint density at radius 2 is 2.32 bits per heavy atom. The van der Waals surface area contributed by atoms with E-state index in [1.165, 1.54) is 10.9 Å². The van der Waals surface area contributed by atoms with Crippen LogP contribution >= 0.6 is 11.6 Å². The van der Waals surface area contributed by atoms with E-state index in [0.29, 0.717) is 11.9 Å². The Hall–Kier alpha value is -1.16. The predicted octanol–water partition coefficient (Wildman–Crippen LogP) is 2.67. The van der Waals surface area contributed by atoms with Gasteiger partial charge in [0, 0.05) is 36.6 Å². The van der Waals surface area contributed by atoms with Crippen LogP contribution in [0.15, 0.2) is 36.5 Å². The summed E-state index contributed by atoms with van der Waals surface area (Å²) in [5.74, 6) is 0.620. The molecule has 0 N–H and O–H groups in total. The van der Waals surface area contributed by atoms with Gasteiger partial charge in [-0.05, 0) is 23.8 Å². The van der Waals surface area contributed by atoms with Crippen LogP contribution in [0.2, 0.25) is 0 Å². The largest absolute Gasteiger partial charge is 0.378 e. The number of hydrogen-bond acceptors (Lipinski definition) is 3. The summed E-state index contributed by atoms with van der Waals surface area (Å²) in [6.07, 6.45) is 1.83. The third-order valence-corrected chi connectivity index (χ3v) is 3.94. The zero-order chi connectivity index (χ0) is 13.1. The minimum atomic E-state index is 0.319. The molecule has 3 nitrogen and oxygen atoms in total. The highest BCUT2D eigenvalue weighted by Crippen LogP contribution is 2.17. The van der Waals surface area contributed by atoms with E-state index in [1.54, 1.807) is 0 Å². The smallest absolute Gasteiger partial charge is 0.0702 e. The van der Waals surface area contributed by atoms with Gasteiger partial charge >= 0.3 is 0 Å². The Kier molecular flexibility index (Phi) is 3.97. The minimum Gasteiger partial charge on any atom is -0.378 e. The molecule has 4 heteroatoms. The predicted molar refractivity (Wildman–Crippen MR) is 77.5 cm³/mol. The van der Waals surface area contributed by atoms with E-state index in [0.717, 1.165) is 31.8 Å². The maximum Gasteiger partial charge on any atom is 0.0702 e. The number of benzene rings is 1. The maximum absolute atomic E-state index is 6.00. The molecule has 2 aromatic rings. The van der Waals surface area contributed by atoms with Crippen molar-refractivity contribution in [2.45, 2.75) is 12.6 Å². The molecule has 1 fully saturated rings. The van der Waals surface area contributed by atoms with Gasteiger partial charge in [-0.25, -0.2) is 0 Å². The van der Waals surface area contributed by atoms with Gasteiger partial charge in [-0.3, -0.25) is 9.88 Å². The average Bonchev–Trinajstić information content (AvgIpc) is 2.48. The van der Waals surface area contributed by atoms with Crippen molar-refractivity contribution in [2.75, 3.05) is 25.6 Å². The van der Waals surface area contributed by atoms with Crippen LogP contribution in [0.3, 0.4) is 0 Å². The first-order valence-electron chi connectivity index (χ1n) is 6.58. The first-order chi connectivity index (χ1) is 9.36. The second kappa shape index (κ2) is 5.87. The van der Waals surface area contributed by atoms with E-state index < -0.39 is 0 Å². The molecular formula is C15H17ClN2O. The molecule has 1 atom stereocenters. The molecule has 1 aromatic carbocycles. The molecule has 19 heavy (non-hydrogen) atoms. The lowest BCUT2D eigenvalue weighted by atomic mass is 10.1. The first kappa shape index (κ1) is 12.9. The lowest BCUT2D eigenvalue weighted by Crippen LogP contribution is -2.45. The summed E-state index contributed by atoms with van der Waals surface area (Å²) in [4.78, 5) is 6.74. The Balaban J connectivity index is 1.80. The van der Waals surface area contributed by atoms with Crippen molar-refractivity contribution < 1.29 is 4.74 Å². The van der Waals surface area contributed by atoms with Crippen LogP contribution in [0.1, 0.15) is 5.56 Å².